The number of carbonyl (C=O) groups excluding carboxylic acids is 1. The highest BCUT2D eigenvalue weighted by atomic mass is 16.5. The van der Waals surface area contributed by atoms with Gasteiger partial charge in [-0.15, -0.1) is 0 Å². The minimum absolute atomic E-state index is 0.0137. The van der Waals surface area contributed by atoms with Gasteiger partial charge < -0.3 is 14.5 Å². The number of rotatable bonds is 5. The number of benzene rings is 1. The third-order valence-electron chi connectivity index (χ3n) is 6.07. The zero-order valence-corrected chi connectivity index (χ0v) is 17.9. The van der Waals surface area contributed by atoms with Crippen LogP contribution in [0.2, 0.25) is 0 Å². The summed E-state index contributed by atoms with van der Waals surface area (Å²) >= 11 is 0. The van der Waals surface area contributed by atoms with Crippen LogP contribution in [0.1, 0.15) is 26.3 Å². The van der Waals surface area contributed by atoms with Crippen LogP contribution in [-0.2, 0) is 9.53 Å². The first-order valence-corrected chi connectivity index (χ1v) is 10.9. The summed E-state index contributed by atoms with van der Waals surface area (Å²) in [6.07, 6.45) is 2.14. The molecule has 4 rings (SSSR count). The van der Waals surface area contributed by atoms with E-state index in [0.29, 0.717) is 31.6 Å². The van der Waals surface area contributed by atoms with Crippen molar-refractivity contribution < 1.29 is 9.53 Å². The number of anilines is 1. The number of nitrogens with zero attached hydrogens (tertiary/aromatic N) is 5. The summed E-state index contributed by atoms with van der Waals surface area (Å²) in [4.78, 5) is 35.9. The molecule has 8 nitrogen and oxygen atoms in total. The van der Waals surface area contributed by atoms with Gasteiger partial charge in [0.05, 0.1) is 36.9 Å². The number of hydrogen-bond acceptors (Lipinski definition) is 6. The van der Waals surface area contributed by atoms with Gasteiger partial charge in [-0.25, -0.2) is 4.98 Å². The van der Waals surface area contributed by atoms with Crippen molar-refractivity contribution in [2.75, 3.05) is 63.9 Å². The Hall–Kier alpha value is -2.45. The Morgan fingerprint density at radius 3 is 2.60 bits per heavy atom. The van der Waals surface area contributed by atoms with E-state index in [9.17, 15) is 9.59 Å². The molecule has 0 saturated carbocycles. The maximum absolute atomic E-state index is 12.6. The molecule has 2 saturated heterocycles. The molecule has 0 radical (unpaired) electrons. The molecule has 162 valence electrons. The molecule has 0 bridgehead atoms. The molecule has 0 N–H and O–H groups in total. The summed E-state index contributed by atoms with van der Waals surface area (Å²) in [5, 5.41) is 0.666. The van der Waals surface area contributed by atoms with E-state index in [1.54, 1.807) is 10.9 Å². The van der Waals surface area contributed by atoms with E-state index < -0.39 is 0 Å². The van der Waals surface area contributed by atoms with E-state index in [0.717, 1.165) is 50.5 Å². The fraction of sp³-hybridized carbons (Fsp3) is 0.591. The van der Waals surface area contributed by atoms with Crippen LogP contribution in [0, 0.1) is 0 Å². The van der Waals surface area contributed by atoms with Crippen molar-refractivity contribution in [1.29, 1.82) is 0 Å². The second-order valence-electron chi connectivity index (χ2n) is 8.32. The maximum atomic E-state index is 12.6. The largest absolute Gasteiger partial charge is 0.379 e. The second-order valence-corrected chi connectivity index (χ2v) is 8.32. The molecule has 2 aliphatic heterocycles. The molecule has 0 aliphatic carbocycles. The van der Waals surface area contributed by atoms with Crippen molar-refractivity contribution in [2.45, 2.75) is 26.3 Å². The van der Waals surface area contributed by atoms with Gasteiger partial charge in [0.2, 0.25) is 5.91 Å². The first-order chi connectivity index (χ1) is 14.5. The minimum Gasteiger partial charge on any atom is -0.379 e. The van der Waals surface area contributed by atoms with Crippen molar-refractivity contribution >= 4 is 22.5 Å². The van der Waals surface area contributed by atoms with Crippen LogP contribution < -0.4 is 10.5 Å². The van der Waals surface area contributed by atoms with Crippen molar-refractivity contribution in [3.63, 3.8) is 0 Å². The monoisotopic (exact) mass is 413 g/mol. The molecule has 2 fully saturated rings. The normalized spacial score (nSPS) is 19.0. The smallest absolute Gasteiger partial charge is 0.261 e. The van der Waals surface area contributed by atoms with Crippen molar-refractivity contribution in [2.24, 2.45) is 0 Å². The number of piperazine rings is 1. The molecule has 0 atom stereocenters. The molecule has 0 unspecified atom stereocenters. The Balaban J connectivity index is 1.35. The lowest BCUT2D eigenvalue weighted by Crippen LogP contribution is -2.49. The molecule has 1 aromatic carbocycles. The number of fused-ring (bicyclic) bond motifs is 1. The van der Waals surface area contributed by atoms with Gasteiger partial charge in [-0.05, 0) is 32.0 Å². The molecule has 30 heavy (non-hydrogen) atoms. The molecule has 1 amide bonds. The maximum Gasteiger partial charge on any atom is 0.261 e. The lowest BCUT2D eigenvalue weighted by Gasteiger charge is -2.37. The quantitative estimate of drug-likeness (QED) is 0.737. The van der Waals surface area contributed by atoms with Crippen LogP contribution in [-0.4, -0.2) is 84.3 Å². The predicted octanol–water partition coefficient (Wildman–Crippen LogP) is 1.35. The van der Waals surface area contributed by atoms with Crippen LogP contribution in [0.5, 0.6) is 0 Å². The van der Waals surface area contributed by atoms with E-state index in [1.807, 2.05) is 36.9 Å². The molecule has 8 heteroatoms. The highest BCUT2D eigenvalue weighted by Gasteiger charge is 2.21. The summed E-state index contributed by atoms with van der Waals surface area (Å²) in [7, 11) is 0. The van der Waals surface area contributed by atoms with Gasteiger partial charge in [-0.1, -0.05) is 0 Å². The molecular formula is C22H31N5O3. The van der Waals surface area contributed by atoms with Crippen LogP contribution in [0.3, 0.4) is 0 Å². The van der Waals surface area contributed by atoms with Gasteiger partial charge in [-0.3, -0.25) is 19.1 Å². The summed E-state index contributed by atoms with van der Waals surface area (Å²) < 4.78 is 7.07. The van der Waals surface area contributed by atoms with Crippen molar-refractivity contribution in [3.05, 3.63) is 34.9 Å². The predicted molar refractivity (Wildman–Crippen MR) is 117 cm³/mol. The molecule has 1 aromatic heterocycles. The van der Waals surface area contributed by atoms with Gasteiger partial charge in [0.15, 0.2) is 0 Å². The van der Waals surface area contributed by atoms with Crippen LogP contribution in [0.25, 0.3) is 10.9 Å². The van der Waals surface area contributed by atoms with Gasteiger partial charge in [-0.2, -0.15) is 0 Å². The lowest BCUT2D eigenvalue weighted by atomic mass is 10.2. The third kappa shape index (κ3) is 4.49. The van der Waals surface area contributed by atoms with Gasteiger partial charge in [0, 0.05) is 57.5 Å². The highest BCUT2D eigenvalue weighted by molar-refractivity contribution is 5.81. The number of carbonyl (C=O) groups is 1. The zero-order valence-electron chi connectivity index (χ0n) is 17.9. The standard InChI is InChI=1S/C22H31N5O3/c1-17(2)27-16-23-20-15-18(3-4-19(20)22(27)29)25-9-6-24(7-10-25)8-11-26-12-14-30-13-5-21(26)28/h3-4,15-17H,5-14H2,1-2H3. The SMILES string of the molecule is CC(C)n1cnc2cc(N3CCN(CCN4CCOCCC4=O)CC3)ccc2c1=O. The minimum atomic E-state index is 0.0137. The Bertz CT molecular complexity index is 949. The van der Waals surface area contributed by atoms with E-state index in [1.165, 1.54) is 0 Å². The molecule has 3 heterocycles. The topological polar surface area (TPSA) is 70.9 Å². The van der Waals surface area contributed by atoms with Gasteiger partial charge in [0.1, 0.15) is 0 Å². The summed E-state index contributed by atoms with van der Waals surface area (Å²) in [5.41, 5.74) is 1.87. The Labute approximate surface area is 177 Å². The Kier molecular flexibility index (Phi) is 6.34. The number of ether oxygens (including phenoxy) is 1. The molecule has 0 spiro atoms. The zero-order chi connectivity index (χ0) is 21.1. The van der Waals surface area contributed by atoms with Gasteiger partial charge in [0.25, 0.3) is 5.56 Å². The third-order valence-corrected chi connectivity index (χ3v) is 6.07. The average molecular weight is 414 g/mol. The molecular weight excluding hydrogens is 382 g/mol. The Morgan fingerprint density at radius 1 is 1.03 bits per heavy atom. The van der Waals surface area contributed by atoms with E-state index in [2.05, 4.69) is 14.8 Å². The second kappa shape index (κ2) is 9.14. The summed E-state index contributed by atoms with van der Waals surface area (Å²) in [6, 6.07) is 6.05. The number of amides is 1. The Morgan fingerprint density at radius 2 is 1.83 bits per heavy atom. The van der Waals surface area contributed by atoms with E-state index in [-0.39, 0.29) is 17.5 Å². The van der Waals surface area contributed by atoms with E-state index in [4.69, 9.17) is 4.74 Å². The van der Waals surface area contributed by atoms with Crippen LogP contribution in [0.15, 0.2) is 29.3 Å². The fourth-order valence-electron chi connectivity index (χ4n) is 4.14. The highest BCUT2D eigenvalue weighted by Crippen LogP contribution is 2.21. The molecule has 2 aromatic rings. The number of aromatic nitrogens is 2. The lowest BCUT2D eigenvalue weighted by molar-refractivity contribution is -0.130. The first kappa shape index (κ1) is 20.8. The van der Waals surface area contributed by atoms with Crippen molar-refractivity contribution in [1.82, 2.24) is 19.4 Å². The average Bonchev–Trinajstić information content (AvgIpc) is 2.96. The van der Waals surface area contributed by atoms with Crippen LogP contribution >= 0.6 is 0 Å². The first-order valence-electron chi connectivity index (χ1n) is 10.9. The van der Waals surface area contributed by atoms with E-state index >= 15 is 0 Å². The summed E-state index contributed by atoms with van der Waals surface area (Å²) in [5.74, 6) is 0.200. The molecule has 2 aliphatic rings. The fourth-order valence-corrected chi connectivity index (χ4v) is 4.14. The number of hydrogen-bond donors (Lipinski definition) is 0. The summed E-state index contributed by atoms with van der Waals surface area (Å²) in [6.45, 7) is 11.3. The van der Waals surface area contributed by atoms with Gasteiger partial charge >= 0.3 is 0 Å². The van der Waals surface area contributed by atoms with Crippen LogP contribution in [0.4, 0.5) is 5.69 Å². The van der Waals surface area contributed by atoms with Crippen molar-refractivity contribution in [3.8, 4) is 0 Å².